The highest BCUT2D eigenvalue weighted by Crippen LogP contribution is 2.31. The zero-order valence-corrected chi connectivity index (χ0v) is 23.4. The maximum Gasteiger partial charge on any atom is 0.573 e. The molecule has 13 heteroatoms. The first-order chi connectivity index (χ1) is 20.1. The maximum absolute atomic E-state index is 12.7. The number of aliphatic imine (C=N–C) groups is 1. The van der Waals surface area contributed by atoms with E-state index in [1.807, 2.05) is 44.2 Å². The van der Waals surface area contributed by atoms with Gasteiger partial charge in [0.05, 0.1) is 17.1 Å². The Hall–Kier alpha value is -4.65. The smallest absolute Gasteiger partial charge is 0.406 e. The highest BCUT2D eigenvalue weighted by atomic mass is 32.2. The van der Waals surface area contributed by atoms with Gasteiger partial charge in [0.2, 0.25) is 5.91 Å². The number of hydrogen-bond donors (Lipinski definition) is 1. The number of amides is 3. The lowest BCUT2D eigenvalue weighted by molar-refractivity contribution is -0.274. The molecule has 0 unspecified atom stereocenters. The molecule has 2 heterocycles. The molecule has 1 aromatic heterocycles. The van der Waals surface area contributed by atoms with Crippen molar-refractivity contribution in [2.24, 2.45) is 4.99 Å². The normalized spacial score (nSPS) is 14.5. The minimum atomic E-state index is -4.76. The average molecular weight is 595 g/mol. The third-order valence-corrected chi connectivity index (χ3v) is 7.23. The SMILES string of the molecule is CCc1ccc(C)cc1N1C(=O)CS/C1=N\C(=O)NCc1ccc(-c2ncn(-c3ccc(OC(F)(F)F)cc3)n2)cc1. The van der Waals surface area contributed by atoms with E-state index in [9.17, 15) is 22.8 Å². The summed E-state index contributed by atoms with van der Waals surface area (Å²) in [6, 6.07) is 17.8. The summed E-state index contributed by atoms with van der Waals surface area (Å²) in [6.07, 6.45) is -2.57. The quantitative estimate of drug-likeness (QED) is 0.280. The molecule has 4 aromatic rings. The molecule has 3 aromatic carbocycles. The number of anilines is 1. The van der Waals surface area contributed by atoms with Crippen molar-refractivity contribution in [1.29, 1.82) is 0 Å². The third-order valence-electron chi connectivity index (χ3n) is 6.31. The van der Waals surface area contributed by atoms with Gasteiger partial charge in [0.1, 0.15) is 12.1 Å². The summed E-state index contributed by atoms with van der Waals surface area (Å²) in [5.41, 5.74) is 4.79. The fraction of sp³-hybridized carbons (Fsp3) is 0.207. The van der Waals surface area contributed by atoms with E-state index in [-0.39, 0.29) is 24.0 Å². The molecule has 1 aliphatic rings. The predicted molar refractivity (Wildman–Crippen MR) is 154 cm³/mol. The predicted octanol–water partition coefficient (Wildman–Crippen LogP) is 6.05. The van der Waals surface area contributed by atoms with Gasteiger partial charge in [-0.05, 0) is 60.4 Å². The molecule has 216 valence electrons. The van der Waals surface area contributed by atoms with E-state index in [4.69, 9.17) is 0 Å². The van der Waals surface area contributed by atoms with Crippen molar-refractivity contribution in [3.05, 3.63) is 89.7 Å². The second-order valence-corrected chi connectivity index (χ2v) is 10.3. The van der Waals surface area contributed by atoms with E-state index in [0.717, 1.165) is 28.8 Å². The molecule has 0 saturated carbocycles. The van der Waals surface area contributed by atoms with Gasteiger partial charge in [0, 0.05) is 12.1 Å². The molecule has 0 aliphatic carbocycles. The third kappa shape index (κ3) is 6.79. The molecule has 5 rings (SSSR count). The van der Waals surface area contributed by atoms with E-state index in [0.29, 0.717) is 22.2 Å². The molecule has 1 aliphatic heterocycles. The molecule has 42 heavy (non-hydrogen) atoms. The van der Waals surface area contributed by atoms with Gasteiger partial charge in [-0.15, -0.1) is 18.3 Å². The largest absolute Gasteiger partial charge is 0.573 e. The molecule has 0 spiro atoms. The van der Waals surface area contributed by atoms with Crippen molar-refractivity contribution in [2.45, 2.75) is 33.2 Å². The number of halogens is 3. The van der Waals surface area contributed by atoms with Crippen LogP contribution in [0.5, 0.6) is 5.75 Å². The zero-order valence-electron chi connectivity index (χ0n) is 22.6. The van der Waals surface area contributed by atoms with E-state index in [1.165, 1.54) is 51.9 Å². The number of aryl methyl sites for hydroxylation is 2. The number of hydrogen-bond acceptors (Lipinski definition) is 6. The molecular formula is C29H25F3N6O3S. The van der Waals surface area contributed by atoms with Gasteiger partial charge in [-0.3, -0.25) is 9.69 Å². The first-order valence-electron chi connectivity index (χ1n) is 12.9. The number of nitrogens with zero attached hydrogens (tertiary/aromatic N) is 5. The second-order valence-electron chi connectivity index (χ2n) is 9.31. The summed E-state index contributed by atoms with van der Waals surface area (Å²) in [5, 5.41) is 7.50. The van der Waals surface area contributed by atoms with Crippen LogP contribution in [0.3, 0.4) is 0 Å². The topological polar surface area (TPSA) is 102 Å². The lowest BCUT2D eigenvalue weighted by Crippen LogP contribution is -2.32. The number of urea groups is 1. The zero-order chi connectivity index (χ0) is 29.9. The summed E-state index contributed by atoms with van der Waals surface area (Å²) < 4.78 is 42.5. The van der Waals surface area contributed by atoms with Crippen LogP contribution in [0.1, 0.15) is 23.6 Å². The van der Waals surface area contributed by atoms with Gasteiger partial charge in [0.25, 0.3) is 0 Å². The molecule has 3 amide bonds. The first-order valence-corrected chi connectivity index (χ1v) is 13.9. The van der Waals surface area contributed by atoms with E-state index in [1.54, 1.807) is 12.1 Å². The number of thioether (sulfide) groups is 1. The summed E-state index contributed by atoms with van der Waals surface area (Å²) >= 11 is 1.23. The number of aromatic nitrogens is 3. The van der Waals surface area contributed by atoms with Gasteiger partial charge in [-0.2, -0.15) is 4.99 Å². The minimum Gasteiger partial charge on any atom is -0.406 e. The molecule has 1 saturated heterocycles. The van der Waals surface area contributed by atoms with Crippen molar-refractivity contribution in [1.82, 2.24) is 20.1 Å². The Morgan fingerprint density at radius 3 is 2.52 bits per heavy atom. The molecule has 0 radical (unpaired) electrons. The fourth-order valence-corrected chi connectivity index (χ4v) is 5.12. The lowest BCUT2D eigenvalue weighted by Gasteiger charge is -2.20. The highest BCUT2D eigenvalue weighted by Gasteiger charge is 2.32. The van der Waals surface area contributed by atoms with Gasteiger partial charge in [0.15, 0.2) is 11.0 Å². The summed E-state index contributed by atoms with van der Waals surface area (Å²) in [6.45, 7) is 4.18. The summed E-state index contributed by atoms with van der Waals surface area (Å²) in [4.78, 5) is 35.3. The lowest BCUT2D eigenvalue weighted by atomic mass is 10.1. The number of ether oxygens (including phenoxy) is 1. The number of carbonyl (C=O) groups excluding carboxylic acids is 2. The van der Waals surface area contributed by atoms with E-state index >= 15 is 0 Å². The first kappa shape index (κ1) is 28.9. The molecular weight excluding hydrogens is 569 g/mol. The Labute approximate surface area is 243 Å². The van der Waals surface area contributed by atoms with Crippen LogP contribution < -0.4 is 15.0 Å². The number of nitrogens with one attached hydrogen (secondary N) is 1. The monoisotopic (exact) mass is 594 g/mol. The van der Waals surface area contributed by atoms with Crippen LogP contribution in [0.25, 0.3) is 17.1 Å². The van der Waals surface area contributed by atoms with Crippen LogP contribution in [0, 0.1) is 6.92 Å². The molecule has 0 atom stereocenters. The molecule has 1 N–H and O–H groups in total. The Kier molecular flexibility index (Phi) is 8.29. The van der Waals surface area contributed by atoms with E-state index in [2.05, 4.69) is 25.1 Å². The van der Waals surface area contributed by atoms with Gasteiger partial charge in [-0.1, -0.05) is 55.1 Å². The van der Waals surface area contributed by atoms with Crippen molar-refractivity contribution in [3.63, 3.8) is 0 Å². The van der Waals surface area contributed by atoms with Gasteiger partial charge < -0.3 is 10.1 Å². The average Bonchev–Trinajstić information content (AvgIpc) is 3.59. The number of carbonyl (C=O) groups is 2. The molecule has 1 fully saturated rings. The van der Waals surface area contributed by atoms with Gasteiger partial charge in [-0.25, -0.2) is 14.5 Å². The van der Waals surface area contributed by atoms with Crippen LogP contribution in [0.2, 0.25) is 0 Å². The van der Waals surface area contributed by atoms with E-state index < -0.39 is 12.4 Å². The van der Waals surface area contributed by atoms with Crippen molar-refractivity contribution in [2.75, 3.05) is 10.7 Å². The highest BCUT2D eigenvalue weighted by molar-refractivity contribution is 8.15. The van der Waals surface area contributed by atoms with Crippen molar-refractivity contribution >= 4 is 34.6 Å². The Morgan fingerprint density at radius 1 is 1.10 bits per heavy atom. The molecule has 9 nitrogen and oxygen atoms in total. The minimum absolute atomic E-state index is 0.119. The number of amidine groups is 1. The van der Waals surface area contributed by atoms with Crippen LogP contribution >= 0.6 is 11.8 Å². The van der Waals surface area contributed by atoms with Crippen molar-refractivity contribution in [3.8, 4) is 22.8 Å². The summed E-state index contributed by atoms with van der Waals surface area (Å²) in [7, 11) is 0. The molecule has 0 bridgehead atoms. The van der Waals surface area contributed by atoms with Crippen LogP contribution in [-0.2, 0) is 17.8 Å². The standard InChI is InChI=1S/C29H25F3N6O3S/c1-3-20-7-4-18(2)14-24(20)38-25(39)16-42-28(38)35-27(40)33-15-19-5-8-21(9-6-19)26-34-17-37(36-26)22-10-12-23(13-11-22)41-29(30,31)32/h4-14,17H,3,15-16H2,1-2H3,(H,33,40)/b35-28-. The van der Waals surface area contributed by atoms with Gasteiger partial charge >= 0.3 is 12.4 Å². The number of benzene rings is 3. The maximum atomic E-state index is 12.7. The van der Waals surface area contributed by atoms with Crippen LogP contribution in [-0.4, -0.2) is 44.0 Å². The fourth-order valence-electron chi connectivity index (χ4n) is 4.26. The van der Waals surface area contributed by atoms with Crippen molar-refractivity contribution < 1.29 is 27.5 Å². The van der Waals surface area contributed by atoms with Crippen LogP contribution in [0.4, 0.5) is 23.7 Å². The Bertz CT molecular complexity index is 1640. The summed E-state index contributed by atoms with van der Waals surface area (Å²) in [5.74, 6) is 0.182. The number of alkyl halides is 3. The Balaban J connectivity index is 1.21. The number of rotatable bonds is 7. The second kappa shape index (κ2) is 12.1. The Morgan fingerprint density at radius 2 is 1.83 bits per heavy atom. The van der Waals surface area contributed by atoms with Crippen LogP contribution in [0.15, 0.2) is 78.0 Å².